The van der Waals surface area contributed by atoms with Crippen molar-refractivity contribution in [2.24, 2.45) is 5.73 Å². The van der Waals surface area contributed by atoms with Gasteiger partial charge >= 0.3 is 0 Å². The number of fused-ring (bicyclic) bond motifs is 1. The first-order chi connectivity index (χ1) is 8.83. The Labute approximate surface area is 115 Å². The first-order valence-corrected chi connectivity index (χ1v) is 7.89. The minimum atomic E-state index is 0.324. The first-order valence-electron chi connectivity index (χ1n) is 6.91. The van der Waals surface area contributed by atoms with E-state index in [9.17, 15) is 0 Å². The lowest BCUT2D eigenvalue weighted by Gasteiger charge is -2.19. The van der Waals surface area contributed by atoms with Crippen LogP contribution in [0.15, 0.2) is 41.8 Å². The van der Waals surface area contributed by atoms with Crippen LogP contribution in [0, 0.1) is 0 Å². The van der Waals surface area contributed by atoms with Gasteiger partial charge < -0.3 is 5.73 Å². The Morgan fingerprint density at radius 1 is 1.33 bits per heavy atom. The SMILES string of the molecule is C=CCCCCCC(N)C1CSc2ccccc21. The van der Waals surface area contributed by atoms with Gasteiger partial charge in [0.15, 0.2) is 0 Å². The minimum Gasteiger partial charge on any atom is -0.327 e. The molecule has 2 unspecified atom stereocenters. The van der Waals surface area contributed by atoms with Gasteiger partial charge in [0.05, 0.1) is 0 Å². The molecular weight excluding hydrogens is 238 g/mol. The third-order valence-corrected chi connectivity index (χ3v) is 4.91. The average Bonchev–Trinajstić information content (AvgIpc) is 2.82. The van der Waals surface area contributed by atoms with Crippen molar-refractivity contribution in [3.8, 4) is 0 Å². The molecule has 1 nitrogen and oxygen atoms in total. The fourth-order valence-electron chi connectivity index (χ4n) is 2.59. The van der Waals surface area contributed by atoms with E-state index in [0.29, 0.717) is 12.0 Å². The maximum atomic E-state index is 6.38. The van der Waals surface area contributed by atoms with Crippen molar-refractivity contribution in [3.63, 3.8) is 0 Å². The Morgan fingerprint density at radius 2 is 2.17 bits per heavy atom. The predicted octanol–water partition coefficient (Wildman–Crippen LogP) is 4.34. The summed E-state index contributed by atoms with van der Waals surface area (Å²) in [6.07, 6.45) is 8.07. The van der Waals surface area contributed by atoms with Crippen molar-refractivity contribution in [1.82, 2.24) is 0 Å². The molecule has 0 aromatic heterocycles. The predicted molar refractivity (Wildman–Crippen MR) is 81.2 cm³/mol. The van der Waals surface area contributed by atoms with Gasteiger partial charge in [-0.3, -0.25) is 0 Å². The van der Waals surface area contributed by atoms with Crippen LogP contribution in [0.5, 0.6) is 0 Å². The molecule has 0 saturated carbocycles. The number of unbranched alkanes of at least 4 members (excludes halogenated alkanes) is 3. The lowest BCUT2D eigenvalue weighted by molar-refractivity contribution is 0.500. The molecule has 0 fully saturated rings. The van der Waals surface area contributed by atoms with Crippen molar-refractivity contribution in [3.05, 3.63) is 42.5 Å². The molecule has 2 atom stereocenters. The smallest absolute Gasteiger partial charge is 0.0116 e. The number of rotatable bonds is 7. The van der Waals surface area contributed by atoms with Gasteiger partial charge in [-0.2, -0.15) is 0 Å². The van der Waals surface area contributed by atoms with E-state index in [1.54, 1.807) is 0 Å². The molecule has 1 heterocycles. The van der Waals surface area contributed by atoms with E-state index in [0.717, 1.165) is 18.6 Å². The lowest BCUT2D eigenvalue weighted by atomic mass is 9.90. The molecule has 2 heteroatoms. The number of allylic oxidation sites excluding steroid dienone is 1. The molecule has 1 aliphatic rings. The van der Waals surface area contributed by atoms with E-state index >= 15 is 0 Å². The van der Waals surface area contributed by atoms with Crippen molar-refractivity contribution in [1.29, 1.82) is 0 Å². The van der Waals surface area contributed by atoms with Gasteiger partial charge in [0.1, 0.15) is 0 Å². The van der Waals surface area contributed by atoms with E-state index in [1.807, 2.05) is 17.8 Å². The summed E-state index contributed by atoms with van der Waals surface area (Å²) < 4.78 is 0. The van der Waals surface area contributed by atoms with Crippen molar-refractivity contribution in [2.75, 3.05) is 5.75 Å². The standard InChI is InChI=1S/C16H23NS/c1-2-3-4-5-6-10-15(17)14-12-18-16-11-8-7-9-13(14)16/h2,7-9,11,14-15H,1,3-6,10,12,17H2. The van der Waals surface area contributed by atoms with E-state index < -0.39 is 0 Å². The molecule has 0 bridgehead atoms. The number of thioether (sulfide) groups is 1. The summed E-state index contributed by atoms with van der Waals surface area (Å²) in [7, 11) is 0. The summed E-state index contributed by atoms with van der Waals surface area (Å²) in [4.78, 5) is 1.43. The van der Waals surface area contributed by atoms with Crippen LogP contribution in [0.2, 0.25) is 0 Å². The zero-order valence-corrected chi connectivity index (χ0v) is 11.8. The highest BCUT2D eigenvalue weighted by atomic mass is 32.2. The molecule has 1 aromatic carbocycles. The largest absolute Gasteiger partial charge is 0.327 e. The van der Waals surface area contributed by atoms with Crippen LogP contribution in [0.1, 0.15) is 43.6 Å². The van der Waals surface area contributed by atoms with E-state index in [2.05, 4.69) is 30.8 Å². The Bertz CT molecular complexity index is 388. The second-order valence-corrected chi connectivity index (χ2v) is 6.11. The fraction of sp³-hybridized carbons (Fsp3) is 0.500. The summed E-state index contributed by atoms with van der Waals surface area (Å²) in [5.74, 6) is 1.72. The monoisotopic (exact) mass is 261 g/mol. The third-order valence-electron chi connectivity index (χ3n) is 3.70. The molecule has 98 valence electrons. The van der Waals surface area contributed by atoms with E-state index in [4.69, 9.17) is 5.73 Å². The zero-order valence-electron chi connectivity index (χ0n) is 11.0. The Morgan fingerprint density at radius 3 is 3.00 bits per heavy atom. The lowest BCUT2D eigenvalue weighted by Crippen LogP contribution is -2.28. The van der Waals surface area contributed by atoms with Gasteiger partial charge in [0, 0.05) is 22.6 Å². The molecular formula is C16H23NS. The topological polar surface area (TPSA) is 26.0 Å². The van der Waals surface area contributed by atoms with Gasteiger partial charge in [-0.15, -0.1) is 18.3 Å². The molecule has 1 aliphatic heterocycles. The van der Waals surface area contributed by atoms with Crippen molar-refractivity contribution in [2.45, 2.75) is 49.0 Å². The van der Waals surface area contributed by atoms with Gasteiger partial charge in [-0.1, -0.05) is 37.1 Å². The summed E-state index contributed by atoms with van der Waals surface area (Å²) in [6.45, 7) is 3.75. The average molecular weight is 261 g/mol. The van der Waals surface area contributed by atoms with Crippen LogP contribution < -0.4 is 5.73 Å². The molecule has 1 aromatic rings. The van der Waals surface area contributed by atoms with Gasteiger partial charge in [-0.25, -0.2) is 0 Å². The summed E-state index contributed by atoms with van der Waals surface area (Å²) in [5, 5.41) is 0. The highest BCUT2D eigenvalue weighted by Gasteiger charge is 2.27. The van der Waals surface area contributed by atoms with Crippen LogP contribution in [-0.2, 0) is 0 Å². The number of hydrogen-bond donors (Lipinski definition) is 1. The number of benzene rings is 1. The van der Waals surface area contributed by atoms with Gasteiger partial charge in [-0.05, 0) is 30.9 Å². The van der Waals surface area contributed by atoms with E-state index in [1.165, 1.54) is 29.7 Å². The molecule has 0 amide bonds. The summed E-state index contributed by atoms with van der Waals surface area (Å²) >= 11 is 1.96. The quantitative estimate of drug-likeness (QED) is 0.583. The van der Waals surface area contributed by atoms with Crippen molar-refractivity contribution < 1.29 is 0 Å². The maximum absolute atomic E-state index is 6.38. The second kappa shape index (κ2) is 7.01. The normalized spacial score (nSPS) is 19.5. The van der Waals surface area contributed by atoms with Crippen molar-refractivity contribution >= 4 is 11.8 Å². The van der Waals surface area contributed by atoms with Crippen LogP contribution in [0.3, 0.4) is 0 Å². The molecule has 2 rings (SSSR count). The molecule has 0 radical (unpaired) electrons. The minimum absolute atomic E-state index is 0.324. The Balaban J connectivity index is 1.80. The number of hydrogen-bond acceptors (Lipinski definition) is 2. The van der Waals surface area contributed by atoms with Gasteiger partial charge in [0.25, 0.3) is 0 Å². The third kappa shape index (κ3) is 3.39. The van der Waals surface area contributed by atoms with Gasteiger partial charge in [0.2, 0.25) is 0 Å². The van der Waals surface area contributed by atoms with Crippen LogP contribution in [-0.4, -0.2) is 11.8 Å². The summed E-state index contributed by atoms with van der Waals surface area (Å²) in [6, 6.07) is 9.04. The van der Waals surface area contributed by atoms with Crippen LogP contribution in [0.4, 0.5) is 0 Å². The number of nitrogens with two attached hydrogens (primary N) is 1. The molecule has 2 N–H and O–H groups in total. The Kier molecular flexibility index (Phi) is 5.33. The van der Waals surface area contributed by atoms with E-state index in [-0.39, 0.29) is 0 Å². The molecule has 0 spiro atoms. The fourth-order valence-corrected chi connectivity index (χ4v) is 3.94. The van der Waals surface area contributed by atoms with Crippen LogP contribution >= 0.6 is 11.8 Å². The summed E-state index contributed by atoms with van der Waals surface area (Å²) in [5.41, 5.74) is 7.85. The molecule has 0 aliphatic carbocycles. The zero-order chi connectivity index (χ0) is 12.8. The first kappa shape index (κ1) is 13.7. The highest BCUT2D eigenvalue weighted by molar-refractivity contribution is 7.99. The molecule has 18 heavy (non-hydrogen) atoms. The molecule has 0 saturated heterocycles. The highest BCUT2D eigenvalue weighted by Crippen LogP contribution is 2.41. The second-order valence-electron chi connectivity index (χ2n) is 5.05. The van der Waals surface area contributed by atoms with Crippen LogP contribution in [0.25, 0.3) is 0 Å². The Hall–Kier alpha value is -0.730. The maximum Gasteiger partial charge on any atom is 0.0116 e.